The molecular formula is C22H22N2O4S. The molecule has 0 amide bonds. The van der Waals surface area contributed by atoms with Crippen LogP contribution >= 0.6 is 12.2 Å². The van der Waals surface area contributed by atoms with Crippen LogP contribution in [0.2, 0.25) is 0 Å². The Morgan fingerprint density at radius 1 is 1.07 bits per heavy atom. The summed E-state index contributed by atoms with van der Waals surface area (Å²) >= 11 is 5.62. The van der Waals surface area contributed by atoms with E-state index in [1.54, 1.807) is 36.1 Å². The molecule has 1 heterocycles. The SMILES string of the molecule is CCOC(=O)C1=C(C)N(c2ccccc2)C(=S)NC1c1ccccc1C(=O)OC. The first-order valence-corrected chi connectivity index (χ1v) is 9.61. The van der Waals surface area contributed by atoms with Gasteiger partial charge in [0.2, 0.25) is 0 Å². The highest BCUT2D eigenvalue weighted by Crippen LogP contribution is 2.35. The lowest BCUT2D eigenvalue weighted by Crippen LogP contribution is -2.48. The zero-order valence-electron chi connectivity index (χ0n) is 16.5. The first-order chi connectivity index (χ1) is 14.0. The van der Waals surface area contributed by atoms with Crippen LogP contribution in [0, 0.1) is 0 Å². The van der Waals surface area contributed by atoms with Gasteiger partial charge < -0.3 is 14.8 Å². The number of carbonyl (C=O) groups excluding carboxylic acids is 2. The molecule has 2 aromatic rings. The average Bonchev–Trinajstić information content (AvgIpc) is 2.73. The summed E-state index contributed by atoms with van der Waals surface area (Å²) in [7, 11) is 1.32. The lowest BCUT2D eigenvalue weighted by Gasteiger charge is -2.37. The standard InChI is InChI=1S/C22H22N2O4S/c1-4-28-21(26)18-14(2)24(15-10-6-5-7-11-15)22(29)23-19(18)16-12-8-9-13-17(16)20(25)27-3/h5-13,19H,4H2,1-3H3,(H,23,29). The highest BCUT2D eigenvalue weighted by molar-refractivity contribution is 7.80. The molecule has 6 nitrogen and oxygen atoms in total. The number of methoxy groups -OCH3 is 1. The Labute approximate surface area is 175 Å². The monoisotopic (exact) mass is 410 g/mol. The number of hydrogen-bond donors (Lipinski definition) is 1. The Kier molecular flexibility index (Phi) is 6.29. The van der Waals surface area contributed by atoms with Crippen molar-refractivity contribution in [1.82, 2.24) is 5.32 Å². The molecule has 0 aromatic heterocycles. The topological polar surface area (TPSA) is 67.9 Å². The Morgan fingerprint density at radius 3 is 2.38 bits per heavy atom. The average molecular weight is 410 g/mol. The molecule has 1 atom stereocenters. The molecule has 0 spiro atoms. The summed E-state index contributed by atoms with van der Waals surface area (Å²) in [6.07, 6.45) is 0. The molecule has 0 bridgehead atoms. The zero-order chi connectivity index (χ0) is 21.0. The first-order valence-electron chi connectivity index (χ1n) is 9.20. The molecule has 0 radical (unpaired) electrons. The van der Waals surface area contributed by atoms with Crippen molar-refractivity contribution < 1.29 is 19.1 Å². The summed E-state index contributed by atoms with van der Waals surface area (Å²) in [6, 6.07) is 15.8. The van der Waals surface area contributed by atoms with Gasteiger partial charge in [0.15, 0.2) is 5.11 Å². The number of carbonyl (C=O) groups is 2. The third-order valence-electron chi connectivity index (χ3n) is 4.67. The van der Waals surface area contributed by atoms with Crippen molar-refractivity contribution in [2.24, 2.45) is 0 Å². The van der Waals surface area contributed by atoms with E-state index in [1.165, 1.54) is 7.11 Å². The van der Waals surface area contributed by atoms with Crippen LogP contribution in [0.5, 0.6) is 0 Å². The minimum Gasteiger partial charge on any atom is -0.465 e. The summed E-state index contributed by atoms with van der Waals surface area (Å²) in [4.78, 5) is 27.0. The maximum atomic E-state index is 12.9. The van der Waals surface area contributed by atoms with E-state index in [1.807, 2.05) is 37.3 Å². The molecule has 0 fully saturated rings. The van der Waals surface area contributed by atoms with Crippen molar-refractivity contribution in [3.05, 3.63) is 77.0 Å². The molecule has 0 aliphatic carbocycles. The molecule has 0 saturated carbocycles. The number of rotatable bonds is 5. The van der Waals surface area contributed by atoms with Crippen LogP contribution in [0.15, 0.2) is 65.9 Å². The van der Waals surface area contributed by atoms with Gasteiger partial charge >= 0.3 is 11.9 Å². The highest BCUT2D eigenvalue weighted by atomic mass is 32.1. The van der Waals surface area contributed by atoms with Gasteiger partial charge in [0, 0.05) is 11.4 Å². The number of hydrogen-bond acceptors (Lipinski definition) is 5. The van der Waals surface area contributed by atoms with E-state index in [4.69, 9.17) is 21.7 Å². The number of nitrogens with one attached hydrogen (secondary N) is 1. The van der Waals surface area contributed by atoms with Gasteiger partial charge in [-0.25, -0.2) is 9.59 Å². The fourth-order valence-corrected chi connectivity index (χ4v) is 3.74. The molecule has 1 aliphatic heterocycles. The number of thiocarbonyl (C=S) groups is 1. The molecule has 150 valence electrons. The predicted molar refractivity (Wildman–Crippen MR) is 115 cm³/mol. The lowest BCUT2D eigenvalue weighted by atomic mass is 9.91. The Balaban J connectivity index is 2.18. The van der Waals surface area contributed by atoms with Crippen LogP contribution in [0.3, 0.4) is 0 Å². The van der Waals surface area contributed by atoms with Crippen molar-refractivity contribution >= 4 is 35.0 Å². The molecule has 1 unspecified atom stereocenters. The van der Waals surface area contributed by atoms with E-state index in [-0.39, 0.29) is 6.61 Å². The zero-order valence-corrected chi connectivity index (χ0v) is 17.3. The van der Waals surface area contributed by atoms with Gasteiger partial charge in [-0.2, -0.15) is 0 Å². The Morgan fingerprint density at radius 2 is 1.72 bits per heavy atom. The summed E-state index contributed by atoms with van der Waals surface area (Å²) in [6.45, 7) is 3.80. The van der Waals surface area contributed by atoms with Crippen LogP contribution in [-0.4, -0.2) is 30.8 Å². The van der Waals surface area contributed by atoms with E-state index in [0.29, 0.717) is 27.5 Å². The van der Waals surface area contributed by atoms with Gasteiger partial charge in [-0.3, -0.25) is 4.90 Å². The van der Waals surface area contributed by atoms with E-state index < -0.39 is 18.0 Å². The van der Waals surface area contributed by atoms with Crippen molar-refractivity contribution in [3.63, 3.8) is 0 Å². The predicted octanol–water partition coefficient (Wildman–Crippen LogP) is 3.75. The molecule has 2 aromatic carbocycles. The lowest BCUT2D eigenvalue weighted by molar-refractivity contribution is -0.139. The van der Waals surface area contributed by atoms with E-state index in [9.17, 15) is 9.59 Å². The molecule has 1 N–H and O–H groups in total. The number of ether oxygens (including phenoxy) is 2. The number of anilines is 1. The normalized spacial score (nSPS) is 16.3. The minimum atomic E-state index is -0.642. The van der Waals surface area contributed by atoms with Crippen LogP contribution in [0.4, 0.5) is 5.69 Å². The number of benzene rings is 2. The smallest absolute Gasteiger partial charge is 0.338 e. The maximum absolute atomic E-state index is 12.9. The first kappa shape index (κ1) is 20.5. The minimum absolute atomic E-state index is 0.233. The fourth-order valence-electron chi connectivity index (χ4n) is 3.38. The Hall–Kier alpha value is -3.19. The third-order valence-corrected chi connectivity index (χ3v) is 4.97. The van der Waals surface area contributed by atoms with Gasteiger partial charge in [0.1, 0.15) is 0 Å². The van der Waals surface area contributed by atoms with Gasteiger partial charge in [-0.05, 0) is 49.8 Å². The van der Waals surface area contributed by atoms with Crippen molar-refractivity contribution in [3.8, 4) is 0 Å². The van der Waals surface area contributed by atoms with Crippen LogP contribution in [0.25, 0.3) is 0 Å². The van der Waals surface area contributed by atoms with Crippen LogP contribution in [-0.2, 0) is 14.3 Å². The quantitative estimate of drug-likeness (QED) is 0.595. The number of esters is 2. The van der Waals surface area contributed by atoms with Crippen LogP contribution < -0.4 is 10.2 Å². The van der Waals surface area contributed by atoms with Gasteiger partial charge in [-0.1, -0.05) is 36.4 Å². The maximum Gasteiger partial charge on any atom is 0.338 e. The molecule has 7 heteroatoms. The van der Waals surface area contributed by atoms with Crippen LogP contribution in [0.1, 0.15) is 35.8 Å². The summed E-state index contributed by atoms with van der Waals surface area (Å²) in [5, 5.41) is 3.63. The highest BCUT2D eigenvalue weighted by Gasteiger charge is 2.37. The van der Waals surface area contributed by atoms with Gasteiger partial charge in [0.05, 0.1) is 30.9 Å². The third kappa shape index (κ3) is 4.00. The molecule has 1 aliphatic rings. The number of allylic oxidation sites excluding steroid dienone is 1. The van der Waals surface area contributed by atoms with Crippen molar-refractivity contribution in [1.29, 1.82) is 0 Å². The second-order valence-corrected chi connectivity index (χ2v) is 6.74. The molecule has 29 heavy (non-hydrogen) atoms. The second-order valence-electron chi connectivity index (χ2n) is 6.35. The fraction of sp³-hybridized carbons (Fsp3) is 0.227. The van der Waals surface area contributed by atoms with Gasteiger partial charge in [-0.15, -0.1) is 0 Å². The van der Waals surface area contributed by atoms with E-state index in [0.717, 1.165) is 5.69 Å². The summed E-state index contributed by atoms with van der Waals surface area (Å²) < 4.78 is 10.2. The van der Waals surface area contributed by atoms with Crippen molar-refractivity contribution in [2.45, 2.75) is 19.9 Å². The Bertz CT molecular complexity index is 972. The van der Waals surface area contributed by atoms with E-state index in [2.05, 4.69) is 5.32 Å². The van der Waals surface area contributed by atoms with Gasteiger partial charge in [0.25, 0.3) is 0 Å². The molecular weight excluding hydrogens is 388 g/mol. The molecule has 0 saturated heterocycles. The largest absolute Gasteiger partial charge is 0.465 e. The summed E-state index contributed by atoms with van der Waals surface area (Å²) in [5.41, 5.74) is 2.81. The second kappa shape index (κ2) is 8.87. The summed E-state index contributed by atoms with van der Waals surface area (Å²) in [5.74, 6) is -0.953. The van der Waals surface area contributed by atoms with E-state index >= 15 is 0 Å². The van der Waals surface area contributed by atoms with Crippen molar-refractivity contribution in [2.75, 3.05) is 18.6 Å². The number of para-hydroxylation sites is 1. The molecule has 3 rings (SSSR count). The number of nitrogens with zero attached hydrogens (tertiary/aromatic N) is 1.